The Labute approximate surface area is 117 Å². The van der Waals surface area contributed by atoms with Gasteiger partial charge < -0.3 is 10.6 Å². The quantitative estimate of drug-likeness (QED) is 0.838. The third-order valence-electron chi connectivity index (χ3n) is 3.75. The highest BCUT2D eigenvalue weighted by Gasteiger charge is 2.25. The monoisotopic (exact) mass is 273 g/mol. The molecule has 20 heavy (non-hydrogen) atoms. The summed E-state index contributed by atoms with van der Waals surface area (Å²) in [7, 11) is 0. The van der Waals surface area contributed by atoms with Crippen molar-refractivity contribution in [2.45, 2.75) is 32.7 Å². The number of carbonyl (C=O) groups is 1. The second-order valence-corrected chi connectivity index (χ2v) is 5.49. The summed E-state index contributed by atoms with van der Waals surface area (Å²) in [4.78, 5) is 18.9. The number of hydrogen-bond acceptors (Lipinski definition) is 4. The van der Waals surface area contributed by atoms with Crippen molar-refractivity contribution in [3.63, 3.8) is 0 Å². The van der Waals surface area contributed by atoms with Crippen LogP contribution in [0.5, 0.6) is 0 Å². The predicted octanol–water partition coefficient (Wildman–Crippen LogP) is 0.909. The van der Waals surface area contributed by atoms with Gasteiger partial charge >= 0.3 is 0 Å². The fraction of sp³-hybridized carbons (Fsp3) is 0.500. The van der Waals surface area contributed by atoms with Crippen molar-refractivity contribution >= 4 is 11.6 Å². The summed E-state index contributed by atoms with van der Waals surface area (Å²) >= 11 is 0. The first kappa shape index (κ1) is 13.1. The Morgan fingerprint density at radius 3 is 3.00 bits per heavy atom. The maximum atomic E-state index is 12.6. The maximum absolute atomic E-state index is 12.6. The number of amides is 1. The normalized spacial score (nSPS) is 19.6. The van der Waals surface area contributed by atoms with Crippen LogP contribution in [0.3, 0.4) is 0 Å². The summed E-state index contributed by atoms with van der Waals surface area (Å²) in [5.74, 6) is -0.0207. The molecular weight excluding hydrogens is 254 g/mol. The highest BCUT2D eigenvalue weighted by molar-refractivity contribution is 5.99. The van der Waals surface area contributed by atoms with Crippen LogP contribution < -0.4 is 5.73 Å². The Kier molecular flexibility index (Phi) is 3.17. The van der Waals surface area contributed by atoms with Crippen molar-refractivity contribution < 1.29 is 4.79 Å². The van der Waals surface area contributed by atoms with Gasteiger partial charge in [-0.1, -0.05) is 0 Å². The van der Waals surface area contributed by atoms with E-state index < -0.39 is 0 Å². The second-order valence-electron chi connectivity index (χ2n) is 5.49. The van der Waals surface area contributed by atoms with Gasteiger partial charge in [-0.2, -0.15) is 5.10 Å². The molecule has 2 aromatic heterocycles. The number of hydrogen-bond donors (Lipinski definition) is 1. The van der Waals surface area contributed by atoms with Crippen LogP contribution in [0.25, 0.3) is 5.65 Å². The van der Waals surface area contributed by atoms with Gasteiger partial charge in [0.25, 0.3) is 5.91 Å². The summed E-state index contributed by atoms with van der Waals surface area (Å²) in [5, 5.41) is 4.27. The van der Waals surface area contributed by atoms with Gasteiger partial charge in [-0.3, -0.25) is 4.79 Å². The second kappa shape index (κ2) is 4.86. The van der Waals surface area contributed by atoms with Crippen LogP contribution in [0.4, 0.5) is 0 Å². The maximum Gasteiger partial charge on any atom is 0.259 e. The number of rotatable bonds is 1. The topological polar surface area (TPSA) is 76.5 Å². The number of nitrogens with two attached hydrogens (primary N) is 1. The summed E-state index contributed by atoms with van der Waals surface area (Å²) in [6, 6.07) is 2.02. The van der Waals surface area contributed by atoms with Gasteiger partial charge in [-0.05, 0) is 32.8 Å². The molecule has 1 amide bonds. The van der Waals surface area contributed by atoms with E-state index in [1.54, 1.807) is 10.7 Å². The average Bonchev–Trinajstić information content (AvgIpc) is 2.81. The number of aromatic nitrogens is 3. The molecule has 0 saturated carbocycles. The van der Waals surface area contributed by atoms with E-state index in [1.807, 2.05) is 24.8 Å². The molecule has 1 atom stereocenters. The van der Waals surface area contributed by atoms with Crippen molar-refractivity contribution in [2.75, 3.05) is 13.1 Å². The fourth-order valence-corrected chi connectivity index (χ4v) is 2.79. The highest BCUT2D eigenvalue weighted by Crippen LogP contribution is 2.17. The number of nitrogens with zero attached hydrogens (tertiary/aromatic N) is 4. The molecule has 0 bridgehead atoms. The molecule has 3 rings (SSSR count). The van der Waals surface area contributed by atoms with E-state index in [-0.39, 0.29) is 11.9 Å². The lowest BCUT2D eigenvalue weighted by Gasteiger charge is -2.30. The lowest BCUT2D eigenvalue weighted by atomic mass is 10.1. The Balaban J connectivity index is 1.99. The van der Waals surface area contributed by atoms with E-state index in [0.717, 1.165) is 30.8 Å². The Bertz CT molecular complexity index is 663. The minimum Gasteiger partial charge on any atom is -0.337 e. The van der Waals surface area contributed by atoms with Gasteiger partial charge in [0.15, 0.2) is 5.65 Å². The van der Waals surface area contributed by atoms with Gasteiger partial charge in [0.2, 0.25) is 0 Å². The minimum absolute atomic E-state index is 0.0207. The van der Waals surface area contributed by atoms with Crippen LogP contribution in [-0.2, 0) is 0 Å². The number of piperidine rings is 1. The number of aryl methyl sites for hydroxylation is 2. The van der Waals surface area contributed by atoms with Gasteiger partial charge in [-0.15, -0.1) is 0 Å². The molecule has 0 spiro atoms. The first-order chi connectivity index (χ1) is 9.56. The Hall–Kier alpha value is -1.95. The van der Waals surface area contributed by atoms with Crippen molar-refractivity contribution in [2.24, 2.45) is 5.73 Å². The zero-order valence-corrected chi connectivity index (χ0v) is 11.8. The molecule has 1 aliphatic rings. The van der Waals surface area contributed by atoms with Gasteiger partial charge in [0.05, 0.1) is 6.20 Å². The summed E-state index contributed by atoms with van der Waals surface area (Å²) in [6.07, 6.45) is 3.55. The zero-order chi connectivity index (χ0) is 14.3. The molecule has 2 aromatic rings. The molecule has 1 fully saturated rings. The molecule has 0 aliphatic carbocycles. The smallest absolute Gasteiger partial charge is 0.259 e. The number of fused-ring (bicyclic) bond motifs is 1. The van der Waals surface area contributed by atoms with Crippen LogP contribution >= 0.6 is 0 Å². The van der Waals surface area contributed by atoms with Gasteiger partial charge in [-0.25, -0.2) is 9.50 Å². The minimum atomic E-state index is -0.0207. The molecule has 3 heterocycles. The average molecular weight is 273 g/mol. The largest absolute Gasteiger partial charge is 0.337 e. The lowest BCUT2D eigenvalue weighted by molar-refractivity contribution is 0.0710. The van der Waals surface area contributed by atoms with Crippen LogP contribution in [0.1, 0.15) is 34.6 Å². The van der Waals surface area contributed by atoms with E-state index in [0.29, 0.717) is 17.8 Å². The SMILES string of the molecule is Cc1cc(C)n2ncc(C(=O)N3CCC[C@@H](N)C3)c2n1. The molecule has 0 radical (unpaired) electrons. The molecule has 1 saturated heterocycles. The molecule has 6 heteroatoms. The molecule has 2 N–H and O–H groups in total. The molecule has 106 valence electrons. The first-order valence-corrected chi connectivity index (χ1v) is 6.93. The molecule has 0 aromatic carbocycles. The van der Waals surface area contributed by atoms with E-state index in [9.17, 15) is 4.79 Å². The molecule has 0 unspecified atom stereocenters. The van der Waals surface area contributed by atoms with Crippen molar-refractivity contribution in [3.8, 4) is 0 Å². The summed E-state index contributed by atoms with van der Waals surface area (Å²) < 4.78 is 1.71. The van der Waals surface area contributed by atoms with Crippen LogP contribution in [0.2, 0.25) is 0 Å². The van der Waals surface area contributed by atoms with Gasteiger partial charge in [0, 0.05) is 30.5 Å². The van der Waals surface area contributed by atoms with Crippen molar-refractivity contribution in [3.05, 3.63) is 29.2 Å². The first-order valence-electron chi connectivity index (χ1n) is 6.93. The van der Waals surface area contributed by atoms with E-state index in [4.69, 9.17) is 5.73 Å². The van der Waals surface area contributed by atoms with E-state index in [1.165, 1.54) is 0 Å². The van der Waals surface area contributed by atoms with Crippen LogP contribution in [-0.4, -0.2) is 44.5 Å². The molecule has 6 nitrogen and oxygen atoms in total. The van der Waals surface area contributed by atoms with E-state index in [2.05, 4.69) is 10.1 Å². The van der Waals surface area contributed by atoms with E-state index >= 15 is 0 Å². The van der Waals surface area contributed by atoms with Crippen molar-refractivity contribution in [1.82, 2.24) is 19.5 Å². The summed E-state index contributed by atoms with van der Waals surface area (Å²) in [6.45, 7) is 5.25. The predicted molar refractivity (Wildman–Crippen MR) is 75.6 cm³/mol. The molecular formula is C14H19N5O. The fourth-order valence-electron chi connectivity index (χ4n) is 2.79. The number of carbonyl (C=O) groups excluding carboxylic acids is 1. The van der Waals surface area contributed by atoms with Crippen molar-refractivity contribution in [1.29, 1.82) is 0 Å². The number of likely N-dealkylation sites (tertiary alicyclic amines) is 1. The Morgan fingerprint density at radius 1 is 1.45 bits per heavy atom. The third-order valence-corrected chi connectivity index (χ3v) is 3.75. The zero-order valence-electron chi connectivity index (χ0n) is 11.8. The Morgan fingerprint density at radius 2 is 2.25 bits per heavy atom. The van der Waals surface area contributed by atoms with Crippen LogP contribution in [0.15, 0.2) is 12.3 Å². The van der Waals surface area contributed by atoms with Gasteiger partial charge in [0.1, 0.15) is 5.56 Å². The standard InChI is InChI=1S/C14H19N5O/c1-9-6-10(2)19-13(17-9)12(7-16-19)14(20)18-5-3-4-11(15)8-18/h6-7,11H,3-5,8,15H2,1-2H3/t11-/m1/s1. The highest BCUT2D eigenvalue weighted by atomic mass is 16.2. The third kappa shape index (κ3) is 2.16. The summed E-state index contributed by atoms with van der Waals surface area (Å²) in [5.41, 5.74) is 9.00. The van der Waals surface area contributed by atoms with Crippen LogP contribution in [0, 0.1) is 13.8 Å². The lowest BCUT2D eigenvalue weighted by Crippen LogP contribution is -2.45. The molecule has 1 aliphatic heterocycles.